The molecule has 1 atom stereocenters. The normalized spacial score (nSPS) is 17.8. The molecule has 1 saturated heterocycles. The number of hydrogen-bond acceptors (Lipinski definition) is 5. The molecular weight excluding hydrogens is 394 g/mol. The number of para-hydroxylation sites is 1. The van der Waals surface area contributed by atoms with E-state index < -0.39 is 10.0 Å². The van der Waals surface area contributed by atoms with E-state index in [1.807, 2.05) is 38.1 Å². The van der Waals surface area contributed by atoms with Gasteiger partial charge in [0.15, 0.2) is 5.78 Å². The molecule has 0 saturated carbocycles. The average Bonchev–Trinajstić information content (AvgIpc) is 3.34. The van der Waals surface area contributed by atoms with Crippen LogP contribution in [-0.2, 0) is 10.0 Å². The molecule has 148 valence electrons. The predicted molar refractivity (Wildman–Crippen MR) is 111 cm³/mol. The Kier molecular flexibility index (Phi) is 5.13. The monoisotopic (exact) mass is 417 g/mol. The lowest BCUT2D eigenvalue weighted by Gasteiger charge is -2.36. The molecule has 6 nitrogen and oxygen atoms in total. The van der Waals surface area contributed by atoms with Gasteiger partial charge < -0.3 is 4.98 Å². The summed E-state index contributed by atoms with van der Waals surface area (Å²) < 4.78 is 27.3. The molecular formula is C20H23N3O3S2. The highest BCUT2D eigenvalue weighted by molar-refractivity contribution is 7.91. The number of ketones is 1. The molecule has 1 aromatic carbocycles. The van der Waals surface area contributed by atoms with E-state index in [4.69, 9.17) is 0 Å². The molecule has 0 radical (unpaired) electrons. The fourth-order valence-corrected chi connectivity index (χ4v) is 6.40. The third-order valence-electron chi connectivity index (χ3n) is 5.43. The van der Waals surface area contributed by atoms with Crippen molar-refractivity contribution in [3.63, 3.8) is 0 Å². The van der Waals surface area contributed by atoms with Crippen molar-refractivity contribution >= 4 is 38.0 Å². The van der Waals surface area contributed by atoms with Crippen molar-refractivity contribution < 1.29 is 13.2 Å². The maximum absolute atomic E-state index is 13.2. The smallest absolute Gasteiger partial charge is 0.252 e. The number of aryl methyl sites for hydroxylation is 1. The van der Waals surface area contributed by atoms with Gasteiger partial charge in [0.1, 0.15) is 4.21 Å². The van der Waals surface area contributed by atoms with E-state index in [0.29, 0.717) is 30.4 Å². The summed E-state index contributed by atoms with van der Waals surface area (Å²) in [6.07, 6.45) is 0. The number of carbonyl (C=O) groups excluding carboxylic acids is 1. The van der Waals surface area contributed by atoms with Crippen LogP contribution < -0.4 is 0 Å². The molecule has 0 aliphatic carbocycles. The number of benzene rings is 1. The number of Topliss-reactive ketones (excluding diaryl/α,β-unsaturated/α-hetero) is 1. The molecule has 3 aromatic rings. The maximum atomic E-state index is 13.2. The fourth-order valence-electron chi connectivity index (χ4n) is 3.84. The molecule has 0 spiro atoms. The van der Waals surface area contributed by atoms with Crippen molar-refractivity contribution in [3.8, 4) is 0 Å². The molecule has 4 rings (SSSR count). The first-order valence-electron chi connectivity index (χ1n) is 9.29. The second-order valence-electron chi connectivity index (χ2n) is 7.08. The Bertz CT molecular complexity index is 1100. The van der Waals surface area contributed by atoms with Crippen LogP contribution >= 0.6 is 11.3 Å². The van der Waals surface area contributed by atoms with Crippen LogP contribution in [0.25, 0.3) is 10.9 Å². The summed E-state index contributed by atoms with van der Waals surface area (Å²) in [6, 6.07) is 10.9. The molecule has 1 aliphatic heterocycles. The number of sulfonamides is 1. The summed E-state index contributed by atoms with van der Waals surface area (Å²) in [7, 11) is -3.43. The summed E-state index contributed by atoms with van der Waals surface area (Å²) in [4.78, 5) is 18.6. The van der Waals surface area contributed by atoms with Crippen LogP contribution in [0, 0.1) is 6.92 Å². The molecule has 2 aromatic heterocycles. The number of carbonyl (C=O) groups is 1. The lowest BCUT2D eigenvalue weighted by molar-refractivity contribution is 0.0783. The van der Waals surface area contributed by atoms with Gasteiger partial charge in [-0.3, -0.25) is 9.69 Å². The Balaban J connectivity index is 1.49. The van der Waals surface area contributed by atoms with Crippen molar-refractivity contribution in [3.05, 3.63) is 53.0 Å². The molecule has 1 fully saturated rings. The highest BCUT2D eigenvalue weighted by Crippen LogP contribution is 2.26. The highest BCUT2D eigenvalue weighted by atomic mass is 32.2. The number of nitrogens with one attached hydrogen (secondary N) is 1. The Morgan fingerprint density at radius 3 is 2.50 bits per heavy atom. The van der Waals surface area contributed by atoms with E-state index in [-0.39, 0.29) is 11.8 Å². The first kappa shape index (κ1) is 19.3. The van der Waals surface area contributed by atoms with Crippen molar-refractivity contribution in [2.45, 2.75) is 24.1 Å². The number of H-pyrrole nitrogens is 1. The first-order chi connectivity index (χ1) is 13.4. The van der Waals surface area contributed by atoms with E-state index in [2.05, 4.69) is 9.88 Å². The number of hydrogen-bond donors (Lipinski definition) is 1. The number of rotatable bonds is 5. The largest absolute Gasteiger partial charge is 0.358 e. The zero-order valence-electron chi connectivity index (χ0n) is 15.9. The fraction of sp³-hybridized carbons (Fsp3) is 0.350. The minimum atomic E-state index is -3.43. The Labute approximate surface area is 168 Å². The van der Waals surface area contributed by atoms with E-state index >= 15 is 0 Å². The van der Waals surface area contributed by atoms with Crippen LogP contribution in [0.4, 0.5) is 0 Å². The Morgan fingerprint density at radius 2 is 1.82 bits per heavy atom. The summed E-state index contributed by atoms with van der Waals surface area (Å²) in [5, 5.41) is 2.71. The molecule has 28 heavy (non-hydrogen) atoms. The van der Waals surface area contributed by atoms with Gasteiger partial charge in [-0.15, -0.1) is 11.3 Å². The second kappa shape index (κ2) is 7.44. The van der Waals surface area contributed by atoms with Crippen molar-refractivity contribution in [1.82, 2.24) is 14.2 Å². The second-order valence-corrected chi connectivity index (χ2v) is 10.2. The van der Waals surface area contributed by atoms with Gasteiger partial charge in [-0.2, -0.15) is 4.31 Å². The lowest BCUT2D eigenvalue weighted by Crippen LogP contribution is -2.53. The van der Waals surface area contributed by atoms with Crippen LogP contribution in [0.3, 0.4) is 0 Å². The standard InChI is InChI=1S/C20H23N3O3S2/c1-14-19(16-6-3-4-7-17(16)21-14)20(24)15(2)22-9-11-23(12-10-22)28(25,26)18-8-5-13-27-18/h3-8,13,15,21H,9-12H2,1-2H3. The van der Waals surface area contributed by atoms with E-state index in [9.17, 15) is 13.2 Å². The lowest BCUT2D eigenvalue weighted by atomic mass is 10.0. The van der Waals surface area contributed by atoms with Crippen molar-refractivity contribution in [2.24, 2.45) is 0 Å². The van der Waals surface area contributed by atoms with Gasteiger partial charge in [-0.25, -0.2) is 8.42 Å². The molecule has 1 N–H and O–H groups in total. The Hall–Kier alpha value is -2.00. The highest BCUT2D eigenvalue weighted by Gasteiger charge is 2.33. The number of aromatic amines is 1. The maximum Gasteiger partial charge on any atom is 0.252 e. The van der Waals surface area contributed by atoms with Crippen LogP contribution in [0.2, 0.25) is 0 Å². The Morgan fingerprint density at radius 1 is 1.11 bits per heavy atom. The summed E-state index contributed by atoms with van der Waals surface area (Å²) in [5.41, 5.74) is 2.57. The summed E-state index contributed by atoms with van der Waals surface area (Å²) >= 11 is 1.24. The SMILES string of the molecule is Cc1[nH]c2ccccc2c1C(=O)C(C)N1CCN(S(=O)(=O)c2cccs2)CC1. The van der Waals surface area contributed by atoms with Crippen LogP contribution in [-0.4, -0.2) is 60.6 Å². The first-order valence-corrected chi connectivity index (χ1v) is 11.6. The van der Waals surface area contributed by atoms with Gasteiger partial charge in [0, 0.05) is 48.3 Å². The predicted octanol–water partition coefficient (Wildman–Crippen LogP) is 3.12. The molecule has 1 unspecified atom stereocenters. The zero-order chi connectivity index (χ0) is 19.9. The van der Waals surface area contributed by atoms with Crippen LogP contribution in [0.5, 0.6) is 0 Å². The number of nitrogens with zero attached hydrogens (tertiary/aromatic N) is 2. The van der Waals surface area contributed by atoms with Gasteiger partial charge in [0.05, 0.1) is 6.04 Å². The molecule has 0 amide bonds. The van der Waals surface area contributed by atoms with Crippen LogP contribution in [0.15, 0.2) is 46.0 Å². The average molecular weight is 418 g/mol. The van der Waals surface area contributed by atoms with Gasteiger partial charge in [-0.05, 0) is 31.4 Å². The minimum absolute atomic E-state index is 0.0736. The third kappa shape index (κ3) is 3.30. The van der Waals surface area contributed by atoms with Crippen molar-refractivity contribution in [1.29, 1.82) is 0 Å². The van der Waals surface area contributed by atoms with Gasteiger partial charge in [0.2, 0.25) is 0 Å². The third-order valence-corrected chi connectivity index (χ3v) is 8.70. The van der Waals surface area contributed by atoms with Crippen molar-refractivity contribution in [2.75, 3.05) is 26.2 Å². The van der Waals surface area contributed by atoms with E-state index in [1.165, 1.54) is 15.6 Å². The summed E-state index contributed by atoms with van der Waals surface area (Å²) in [6.45, 7) is 5.70. The quantitative estimate of drug-likeness (QED) is 0.648. The van der Waals surface area contributed by atoms with Gasteiger partial charge in [0.25, 0.3) is 10.0 Å². The molecule has 0 bridgehead atoms. The number of aromatic nitrogens is 1. The topological polar surface area (TPSA) is 73.5 Å². The number of thiophene rings is 1. The number of piperazine rings is 1. The number of fused-ring (bicyclic) bond motifs is 1. The van der Waals surface area contributed by atoms with E-state index in [1.54, 1.807) is 17.5 Å². The van der Waals surface area contributed by atoms with E-state index in [0.717, 1.165) is 22.2 Å². The molecule has 3 heterocycles. The van der Waals surface area contributed by atoms with Gasteiger partial charge in [-0.1, -0.05) is 24.3 Å². The van der Waals surface area contributed by atoms with Gasteiger partial charge >= 0.3 is 0 Å². The van der Waals surface area contributed by atoms with Crippen LogP contribution in [0.1, 0.15) is 23.0 Å². The minimum Gasteiger partial charge on any atom is -0.358 e. The summed E-state index contributed by atoms with van der Waals surface area (Å²) in [5.74, 6) is 0.0736. The zero-order valence-corrected chi connectivity index (χ0v) is 17.5. The molecule has 1 aliphatic rings. The molecule has 8 heteroatoms.